The van der Waals surface area contributed by atoms with Gasteiger partial charge < -0.3 is 10.5 Å². The minimum atomic E-state index is -0.331. The lowest BCUT2D eigenvalue weighted by atomic mass is 9.83. The van der Waals surface area contributed by atoms with Gasteiger partial charge in [0.05, 0.1) is 17.2 Å². The highest BCUT2D eigenvalue weighted by atomic mass is 16.5. The Bertz CT molecular complexity index is 1360. The Morgan fingerprint density at radius 3 is 2.69 bits per heavy atom. The number of benzene rings is 1. The molecule has 0 amide bonds. The van der Waals surface area contributed by atoms with Gasteiger partial charge in [-0.1, -0.05) is 19.1 Å². The SMILES string of the molecule is CCc1nn(C)c2c1C(c1ccc(-n3ccnc3-c3cccnc3)cc1)C(C#N)=C(N)O2. The van der Waals surface area contributed by atoms with E-state index in [9.17, 15) is 5.26 Å². The molecule has 1 atom stereocenters. The summed E-state index contributed by atoms with van der Waals surface area (Å²) in [5.74, 6) is 1.18. The third kappa shape index (κ3) is 3.03. The highest BCUT2D eigenvalue weighted by molar-refractivity contribution is 5.59. The Morgan fingerprint density at radius 2 is 2.00 bits per heavy atom. The van der Waals surface area contributed by atoms with E-state index >= 15 is 0 Å². The van der Waals surface area contributed by atoms with E-state index < -0.39 is 0 Å². The van der Waals surface area contributed by atoms with Gasteiger partial charge in [-0.25, -0.2) is 9.67 Å². The molecule has 1 aliphatic heterocycles. The second-order valence-corrected chi connectivity index (χ2v) is 7.52. The van der Waals surface area contributed by atoms with Crippen LogP contribution in [0.1, 0.15) is 29.7 Å². The minimum absolute atomic E-state index is 0.119. The highest BCUT2D eigenvalue weighted by Gasteiger charge is 2.35. The van der Waals surface area contributed by atoms with Crippen LogP contribution in [0.5, 0.6) is 5.88 Å². The van der Waals surface area contributed by atoms with E-state index in [0.29, 0.717) is 11.5 Å². The number of aromatic nitrogens is 5. The van der Waals surface area contributed by atoms with Gasteiger partial charge >= 0.3 is 0 Å². The zero-order valence-electron chi connectivity index (χ0n) is 17.7. The monoisotopic (exact) mass is 423 g/mol. The number of pyridine rings is 1. The first-order chi connectivity index (χ1) is 15.6. The maximum atomic E-state index is 9.84. The number of aryl methyl sites for hydroxylation is 2. The lowest BCUT2D eigenvalue weighted by Gasteiger charge is -2.25. The topological polar surface area (TPSA) is 108 Å². The van der Waals surface area contributed by atoms with Gasteiger partial charge in [-0.3, -0.25) is 9.55 Å². The van der Waals surface area contributed by atoms with Crippen molar-refractivity contribution in [1.82, 2.24) is 24.3 Å². The Balaban J connectivity index is 1.59. The molecule has 0 bridgehead atoms. The Labute approximate surface area is 185 Å². The van der Waals surface area contributed by atoms with Gasteiger partial charge in [-0.15, -0.1) is 0 Å². The molecule has 4 heterocycles. The summed E-state index contributed by atoms with van der Waals surface area (Å²) in [6.07, 6.45) is 7.93. The van der Waals surface area contributed by atoms with Crippen LogP contribution >= 0.6 is 0 Å². The number of imidazole rings is 1. The van der Waals surface area contributed by atoms with Crippen LogP contribution in [0.25, 0.3) is 17.1 Å². The molecule has 158 valence electrons. The Kier molecular flexibility index (Phi) is 4.71. The molecule has 1 aliphatic rings. The van der Waals surface area contributed by atoms with Crippen LogP contribution in [0.3, 0.4) is 0 Å². The Hall–Kier alpha value is -4.38. The maximum Gasteiger partial charge on any atom is 0.224 e. The molecule has 32 heavy (non-hydrogen) atoms. The molecule has 1 unspecified atom stereocenters. The number of allylic oxidation sites excluding steroid dienone is 1. The summed E-state index contributed by atoms with van der Waals surface area (Å²) in [7, 11) is 1.82. The summed E-state index contributed by atoms with van der Waals surface area (Å²) in [5, 5.41) is 14.4. The summed E-state index contributed by atoms with van der Waals surface area (Å²) < 4.78 is 9.45. The van der Waals surface area contributed by atoms with E-state index in [1.807, 2.05) is 61.1 Å². The third-order valence-corrected chi connectivity index (χ3v) is 5.68. The van der Waals surface area contributed by atoms with Gasteiger partial charge in [0.25, 0.3) is 0 Å². The molecule has 0 radical (unpaired) electrons. The van der Waals surface area contributed by atoms with E-state index in [4.69, 9.17) is 10.5 Å². The first kappa shape index (κ1) is 19.6. The van der Waals surface area contributed by atoms with Crippen molar-refractivity contribution in [2.75, 3.05) is 0 Å². The van der Waals surface area contributed by atoms with E-state index in [1.165, 1.54) is 0 Å². The van der Waals surface area contributed by atoms with Crippen LogP contribution in [0.15, 0.2) is 72.6 Å². The number of ether oxygens (including phenoxy) is 1. The summed E-state index contributed by atoms with van der Waals surface area (Å²) >= 11 is 0. The average molecular weight is 423 g/mol. The van der Waals surface area contributed by atoms with Crippen molar-refractivity contribution in [1.29, 1.82) is 5.26 Å². The van der Waals surface area contributed by atoms with Crippen LogP contribution in [-0.4, -0.2) is 24.3 Å². The largest absolute Gasteiger partial charge is 0.422 e. The normalized spacial score (nSPS) is 15.2. The van der Waals surface area contributed by atoms with E-state index in [1.54, 1.807) is 23.3 Å². The number of hydrogen-bond acceptors (Lipinski definition) is 6. The van der Waals surface area contributed by atoms with Crippen molar-refractivity contribution in [3.05, 3.63) is 89.5 Å². The second-order valence-electron chi connectivity index (χ2n) is 7.52. The van der Waals surface area contributed by atoms with Gasteiger partial charge in [0.2, 0.25) is 11.8 Å². The molecule has 1 aromatic carbocycles. The molecular formula is C24H21N7O. The minimum Gasteiger partial charge on any atom is -0.422 e. The predicted octanol–water partition coefficient (Wildman–Crippen LogP) is 3.45. The fourth-order valence-electron chi connectivity index (χ4n) is 4.20. The fourth-order valence-corrected chi connectivity index (χ4v) is 4.20. The second kappa shape index (κ2) is 7.71. The third-order valence-electron chi connectivity index (χ3n) is 5.68. The van der Waals surface area contributed by atoms with Crippen LogP contribution in [-0.2, 0) is 13.5 Å². The van der Waals surface area contributed by atoms with Gasteiger partial charge in [0, 0.05) is 43.1 Å². The molecule has 3 aromatic heterocycles. The standard InChI is InChI=1S/C24H21N7O/c1-3-19-21-20(18(13-25)22(26)32-24(21)30(2)29-19)15-6-8-17(9-7-15)31-12-11-28-23(31)16-5-4-10-27-14-16/h4-12,14,20H,3,26H2,1-2H3. The molecule has 8 nitrogen and oxygen atoms in total. The average Bonchev–Trinajstić information content (AvgIpc) is 3.44. The van der Waals surface area contributed by atoms with Crippen molar-refractivity contribution in [3.8, 4) is 29.0 Å². The summed E-state index contributed by atoms with van der Waals surface area (Å²) in [6.45, 7) is 2.04. The molecule has 0 saturated carbocycles. The van der Waals surface area contributed by atoms with Gasteiger partial charge in [-0.05, 0) is 36.2 Å². The quantitative estimate of drug-likeness (QED) is 0.539. The van der Waals surface area contributed by atoms with Gasteiger partial charge in [0.15, 0.2) is 0 Å². The zero-order valence-corrected chi connectivity index (χ0v) is 17.7. The zero-order chi connectivity index (χ0) is 22.2. The number of hydrogen-bond donors (Lipinski definition) is 1. The fraction of sp³-hybridized carbons (Fsp3) is 0.167. The number of rotatable bonds is 4. The number of nitrogens with zero attached hydrogens (tertiary/aromatic N) is 6. The number of nitriles is 1. The van der Waals surface area contributed by atoms with Crippen molar-refractivity contribution in [2.24, 2.45) is 12.8 Å². The highest BCUT2D eigenvalue weighted by Crippen LogP contribution is 2.44. The van der Waals surface area contributed by atoms with Crippen LogP contribution in [0.2, 0.25) is 0 Å². The van der Waals surface area contributed by atoms with Crippen molar-refractivity contribution in [3.63, 3.8) is 0 Å². The predicted molar refractivity (Wildman–Crippen MR) is 119 cm³/mol. The first-order valence-corrected chi connectivity index (χ1v) is 10.3. The molecule has 0 spiro atoms. The smallest absolute Gasteiger partial charge is 0.224 e. The van der Waals surface area contributed by atoms with Crippen molar-refractivity contribution in [2.45, 2.75) is 19.3 Å². The van der Waals surface area contributed by atoms with E-state index in [-0.39, 0.29) is 11.8 Å². The molecule has 5 rings (SSSR count). The molecule has 2 N–H and O–H groups in total. The molecular weight excluding hydrogens is 402 g/mol. The van der Waals surface area contributed by atoms with Crippen molar-refractivity contribution < 1.29 is 4.74 Å². The van der Waals surface area contributed by atoms with Gasteiger partial charge in [0.1, 0.15) is 17.5 Å². The Morgan fingerprint density at radius 1 is 1.19 bits per heavy atom. The van der Waals surface area contributed by atoms with E-state index in [0.717, 1.165) is 40.3 Å². The lowest BCUT2D eigenvalue weighted by molar-refractivity contribution is 0.358. The molecule has 8 heteroatoms. The van der Waals surface area contributed by atoms with Gasteiger partial charge in [-0.2, -0.15) is 10.4 Å². The van der Waals surface area contributed by atoms with E-state index in [2.05, 4.69) is 21.1 Å². The number of nitrogens with two attached hydrogens (primary N) is 1. The summed E-state index contributed by atoms with van der Waals surface area (Å²) in [4.78, 5) is 8.69. The van der Waals surface area contributed by atoms with Crippen LogP contribution in [0, 0.1) is 11.3 Å². The lowest BCUT2D eigenvalue weighted by Crippen LogP contribution is -2.22. The first-order valence-electron chi connectivity index (χ1n) is 10.3. The van der Waals surface area contributed by atoms with Crippen LogP contribution < -0.4 is 10.5 Å². The molecule has 0 aliphatic carbocycles. The molecule has 4 aromatic rings. The summed E-state index contributed by atoms with van der Waals surface area (Å²) in [6, 6.07) is 14.2. The van der Waals surface area contributed by atoms with Crippen molar-refractivity contribution >= 4 is 0 Å². The summed E-state index contributed by atoms with van der Waals surface area (Å²) in [5.41, 5.74) is 11.1. The molecule has 0 saturated heterocycles. The van der Waals surface area contributed by atoms with Crippen LogP contribution in [0.4, 0.5) is 0 Å². The number of fused-ring (bicyclic) bond motifs is 1. The maximum absolute atomic E-state index is 9.84. The molecule has 0 fully saturated rings.